The summed E-state index contributed by atoms with van der Waals surface area (Å²) >= 11 is 0. The first kappa shape index (κ1) is 13.4. The highest BCUT2D eigenvalue weighted by atomic mass is 16.6. The van der Waals surface area contributed by atoms with Gasteiger partial charge < -0.3 is 9.57 Å². The number of methoxy groups -OCH3 is 1. The van der Waals surface area contributed by atoms with E-state index < -0.39 is 6.04 Å². The molecule has 0 saturated heterocycles. The monoisotopic (exact) mass is 240 g/mol. The Kier molecular flexibility index (Phi) is 5.38. The van der Waals surface area contributed by atoms with E-state index in [0.29, 0.717) is 12.4 Å². The largest absolute Gasteiger partial charge is 0.497 e. The van der Waals surface area contributed by atoms with Crippen molar-refractivity contribution in [1.82, 2.24) is 5.48 Å². The lowest BCUT2D eigenvalue weighted by molar-refractivity contribution is -0.486. The standard InChI is InChI=1S/C11H16N2O4/c1-3-17-12-11(8-13(14)15)9-4-6-10(16-2)7-5-9/h4-7,11-12H,3,8H2,1-2H3. The molecule has 6 heteroatoms. The SMILES string of the molecule is CCONC(C[N+](=O)[O-])c1ccc(OC)cc1. The van der Waals surface area contributed by atoms with E-state index in [9.17, 15) is 10.1 Å². The number of nitrogens with one attached hydrogen (secondary N) is 1. The van der Waals surface area contributed by atoms with Crippen LogP contribution in [0, 0.1) is 10.1 Å². The maximum atomic E-state index is 10.6. The van der Waals surface area contributed by atoms with Crippen molar-refractivity contribution >= 4 is 0 Å². The third kappa shape index (κ3) is 4.38. The number of ether oxygens (including phenoxy) is 1. The quantitative estimate of drug-likeness (QED) is 0.578. The molecule has 0 bridgehead atoms. The van der Waals surface area contributed by atoms with Gasteiger partial charge in [0.15, 0.2) is 0 Å². The fourth-order valence-corrected chi connectivity index (χ4v) is 1.38. The second kappa shape index (κ2) is 6.82. The van der Waals surface area contributed by atoms with Crippen molar-refractivity contribution in [2.45, 2.75) is 13.0 Å². The number of benzene rings is 1. The number of hydrogen-bond donors (Lipinski definition) is 1. The van der Waals surface area contributed by atoms with Gasteiger partial charge >= 0.3 is 0 Å². The lowest BCUT2D eigenvalue weighted by Crippen LogP contribution is -2.28. The van der Waals surface area contributed by atoms with E-state index in [2.05, 4.69) is 5.48 Å². The van der Waals surface area contributed by atoms with Gasteiger partial charge in [-0.25, -0.2) is 0 Å². The summed E-state index contributed by atoms with van der Waals surface area (Å²) in [4.78, 5) is 15.2. The molecule has 1 N–H and O–H groups in total. The van der Waals surface area contributed by atoms with E-state index in [4.69, 9.17) is 9.57 Å². The molecule has 0 amide bonds. The molecule has 0 saturated carbocycles. The van der Waals surface area contributed by atoms with Crippen molar-refractivity contribution in [1.29, 1.82) is 0 Å². The van der Waals surface area contributed by atoms with Crippen molar-refractivity contribution in [3.63, 3.8) is 0 Å². The van der Waals surface area contributed by atoms with Crippen LogP contribution in [-0.4, -0.2) is 25.2 Å². The summed E-state index contributed by atoms with van der Waals surface area (Å²) < 4.78 is 5.03. The van der Waals surface area contributed by atoms with E-state index in [0.717, 1.165) is 5.56 Å². The van der Waals surface area contributed by atoms with Crippen LogP contribution < -0.4 is 10.2 Å². The molecule has 17 heavy (non-hydrogen) atoms. The number of hydrogen-bond acceptors (Lipinski definition) is 5. The zero-order valence-corrected chi connectivity index (χ0v) is 9.88. The van der Waals surface area contributed by atoms with Crippen molar-refractivity contribution in [2.75, 3.05) is 20.3 Å². The van der Waals surface area contributed by atoms with E-state index in [1.165, 1.54) is 0 Å². The summed E-state index contributed by atoms with van der Waals surface area (Å²) in [5, 5.41) is 10.6. The average Bonchev–Trinajstić information content (AvgIpc) is 2.34. The van der Waals surface area contributed by atoms with Gasteiger partial charge in [-0.2, -0.15) is 5.48 Å². The number of nitro groups is 1. The molecule has 1 aromatic carbocycles. The normalized spacial score (nSPS) is 12.1. The molecule has 0 aliphatic carbocycles. The van der Waals surface area contributed by atoms with Gasteiger partial charge in [0.2, 0.25) is 6.54 Å². The van der Waals surface area contributed by atoms with Crippen molar-refractivity contribution in [3.8, 4) is 5.75 Å². The summed E-state index contributed by atoms with van der Waals surface area (Å²) in [5.41, 5.74) is 3.46. The minimum atomic E-state index is -0.462. The molecule has 0 aliphatic rings. The van der Waals surface area contributed by atoms with Crippen LogP contribution in [-0.2, 0) is 4.84 Å². The van der Waals surface area contributed by atoms with E-state index in [1.807, 2.05) is 6.92 Å². The zero-order chi connectivity index (χ0) is 12.7. The summed E-state index contributed by atoms with van der Waals surface area (Å²) in [5.74, 6) is 0.713. The van der Waals surface area contributed by atoms with Crippen LogP contribution in [0.4, 0.5) is 0 Å². The molecule has 0 aromatic heterocycles. The topological polar surface area (TPSA) is 73.6 Å². The molecule has 6 nitrogen and oxygen atoms in total. The minimum absolute atomic E-state index is 0.230. The molecule has 0 aliphatic heterocycles. The third-order valence-electron chi connectivity index (χ3n) is 2.22. The highest BCUT2D eigenvalue weighted by Gasteiger charge is 2.17. The Morgan fingerprint density at radius 2 is 2.06 bits per heavy atom. The molecular weight excluding hydrogens is 224 g/mol. The Balaban J connectivity index is 2.75. The van der Waals surface area contributed by atoms with Crippen molar-refractivity contribution < 1.29 is 14.5 Å². The first-order chi connectivity index (χ1) is 8.17. The second-order valence-electron chi connectivity index (χ2n) is 3.39. The van der Waals surface area contributed by atoms with Gasteiger partial charge in [-0.3, -0.25) is 10.1 Å². The number of nitrogens with zero attached hydrogens (tertiary/aromatic N) is 1. The predicted octanol–water partition coefficient (Wildman–Crippen LogP) is 1.55. The lowest BCUT2D eigenvalue weighted by Gasteiger charge is -2.14. The van der Waals surface area contributed by atoms with Gasteiger partial charge in [-0.15, -0.1) is 0 Å². The Bertz CT molecular complexity index is 353. The maximum absolute atomic E-state index is 10.6. The van der Waals surface area contributed by atoms with Gasteiger partial charge in [0.1, 0.15) is 11.8 Å². The Labute approximate surface area is 99.6 Å². The molecule has 0 spiro atoms. The van der Waals surface area contributed by atoms with Gasteiger partial charge in [-0.1, -0.05) is 12.1 Å². The first-order valence-corrected chi connectivity index (χ1v) is 5.30. The Morgan fingerprint density at radius 1 is 1.41 bits per heavy atom. The maximum Gasteiger partial charge on any atom is 0.225 e. The third-order valence-corrected chi connectivity index (χ3v) is 2.22. The second-order valence-corrected chi connectivity index (χ2v) is 3.39. The average molecular weight is 240 g/mol. The minimum Gasteiger partial charge on any atom is -0.497 e. The molecule has 94 valence electrons. The zero-order valence-electron chi connectivity index (χ0n) is 9.88. The molecule has 0 heterocycles. The predicted molar refractivity (Wildman–Crippen MR) is 62.4 cm³/mol. The molecule has 1 rings (SSSR count). The van der Waals surface area contributed by atoms with Crippen LogP contribution in [0.15, 0.2) is 24.3 Å². The Morgan fingerprint density at radius 3 is 2.53 bits per heavy atom. The van der Waals surface area contributed by atoms with Crippen LogP contribution in [0.2, 0.25) is 0 Å². The Hall–Kier alpha value is -1.66. The fraction of sp³-hybridized carbons (Fsp3) is 0.455. The highest BCUT2D eigenvalue weighted by molar-refractivity contribution is 5.28. The van der Waals surface area contributed by atoms with Crippen LogP contribution in [0.3, 0.4) is 0 Å². The van der Waals surface area contributed by atoms with Gasteiger partial charge in [0.25, 0.3) is 0 Å². The molecular formula is C11H16N2O4. The summed E-state index contributed by atoms with van der Waals surface area (Å²) in [6, 6.07) is 6.61. The number of hydroxylamine groups is 1. The fourth-order valence-electron chi connectivity index (χ4n) is 1.38. The van der Waals surface area contributed by atoms with E-state index >= 15 is 0 Å². The molecule has 0 fully saturated rings. The van der Waals surface area contributed by atoms with Crippen LogP contribution >= 0.6 is 0 Å². The van der Waals surface area contributed by atoms with Crippen LogP contribution in [0.5, 0.6) is 5.75 Å². The molecule has 1 atom stereocenters. The van der Waals surface area contributed by atoms with Crippen molar-refractivity contribution in [2.24, 2.45) is 0 Å². The van der Waals surface area contributed by atoms with E-state index in [-0.39, 0.29) is 11.5 Å². The highest BCUT2D eigenvalue weighted by Crippen LogP contribution is 2.17. The van der Waals surface area contributed by atoms with Crippen molar-refractivity contribution in [3.05, 3.63) is 39.9 Å². The smallest absolute Gasteiger partial charge is 0.225 e. The van der Waals surface area contributed by atoms with Gasteiger partial charge in [0.05, 0.1) is 13.7 Å². The molecule has 1 unspecified atom stereocenters. The van der Waals surface area contributed by atoms with Crippen LogP contribution in [0.1, 0.15) is 18.5 Å². The van der Waals surface area contributed by atoms with E-state index in [1.54, 1.807) is 31.4 Å². The first-order valence-electron chi connectivity index (χ1n) is 5.30. The molecule has 0 radical (unpaired) electrons. The number of rotatable bonds is 7. The van der Waals surface area contributed by atoms with Crippen LogP contribution in [0.25, 0.3) is 0 Å². The summed E-state index contributed by atoms with van der Waals surface area (Å²) in [6.07, 6.45) is 0. The van der Waals surface area contributed by atoms with Gasteiger partial charge in [0, 0.05) is 4.92 Å². The van der Waals surface area contributed by atoms with Gasteiger partial charge in [-0.05, 0) is 24.6 Å². The summed E-state index contributed by atoms with van der Waals surface area (Å²) in [7, 11) is 1.57. The molecule has 1 aromatic rings. The lowest BCUT2D eigenvalue weighted by atomic mass is 10.1. The summed E-state index contributed by atoms with van der Waals surface area (Å²) in [6.45, 7) is 2.03.